The molecule has 0 bridgehead atoms. The number of carbonyl (C=O) groups excluding carboxylic acids is 1. The molecule has 0 aromatic rings. The third-order valence-corrected chi connectivity index (χ3v) is 8.59. The Morgan fingerprint density at radius 3 is 2.65 bits per heavy atom. The summed E-state index contributed by atoms with van der Waals surface area (Å²) in [7, 11) is 0. The molecule has 0 unspecified atom stereocenters. The van der Waals surface area contributed by atoms with Crippen molar-refractivity contribution in [3.63, 3.8) is 0 Å². The van der Waals surface area contributed by atoms with Crippen LogP contribution in [-0.2, 0) is 9.59 Å². The number of carboxylic acid groups (broad SMARTS) is 1. The van der Waals surface area contributed by atoms with Crippen molar-refractivity contribution in [2.24, 2.45) is 28.6 Å². The van der Waals surface area contributed by atoms with E-state index in [1.807, 2.05) is 6.08 Å². The predicted molar refractivity (Wildman–Crippen MR) is 98.4 cm³/mol. The molecule has 0 aromatic heterocycles. The van der Waals surface area contributed by atoms with Gasteiger partial charge in [-0.15, -0.1) is 0 Å². The second-order valence-corrected chi connectivity index (χ2v) is 9.55. The average Bonchev–Trinajstić information content (AvgIpc) is 2.86. The van der Waals surface area contributed by atoms with E-state index in [1.54, 1.807) is 0 Å². The molecule has 2 fully saturated rings. The largest absolute Gasteiger partial charge is 0.481 e. The molecule has 0 saturated heterocycles. The molecule has 4 heteroatoms. The molecule has 2 N–H and O–H groups in total. The van der Waals surface area contributed by atoms with Crippen LogP contribution in [0, 0.1) is 28.6 Å². The number of hydrogen-bond acceptors (Lipinski definition) is 3. The van der Waals surface area contributed by atoms with E-state index in [9.17, 15) is 14.7 Å². The van der Waals surface area contributed by atoms with Crippen LogP contribution < -0.4 is 0 Å². The molecule has 142 valence electrons. The summed E-state index contributed by atoms with van der Waals surface area (Å²) in [6.45, 7) is 4.51. The van der Waals surface area contributed by atoms with Crippen molar-refractivity contribution in [1.29, 1.82) is 0 Å². The SMILES string of the molecule is C[C@]12CCC(=O)C=C1C=C[C@H]1[C@@H]2CC[C@@]2(C)[C@H]1CC[C@@]2(O)CCC(=O)O. The number of carbonyl (C=O) groups is 2. The quantitative estimate of drug-likeness (QED) is 0.802. The lowest BCUT2D eigenvalue weighted by molar-refractivity contribution is -0.144. The van der Waals surface area contributed by atoms with Crippen LogP contribution in [0.5, 0.6) is 0 Å². The van der Waals surface area contributed by atoms with Gasteiger partial charge in [-0.2, -0.15) is 0 Å². The molecule has 4 aliphatic carbocycles. The Balaban J connectivity index is 1.66. The van der Waals surface area contributed by atoms with Gasteiger partial charge in [-0.25, -0.2) is 0 Å². The minimum atomic E-state index is -0.867. The Bertz CT molecular complexity index is 707. The van der Waals surface area contributed by atoms with Gasteiger partial charge in [0.2, 0.25) is 0 Å². The highest BCUT2D eigenvalue weighted by Crippen LogP contribution is 2.66. The van der Waals surface area contributed by atoms with Gasteiger partial charge in [-0.05, 0) is 78.8 Å². The number of carboxylic acids is 1. The monoisotopic (exact) mass is 358 g/mol. The van der Waals surface area contributed by atoms with Crippen LogP contribution in [0.25, 0.3) is 0 Å². The fourth-order valence-corrected chi connectivity index (χ4v) is 6.83. The maximum absolute atomic E-state index is 11.9. The Kier molecular flexibility index (Phi) is 4.00. The molecule has 0 aromatic carbocycles. The van der Waals surface area contributed by atoms with Gasteiger partial charge in [0.15, 0.2) is 5.78 Å². The molecule has 0 amide bonds. The van der Waals surface area contributed by atoms with Crippen molar-refractivity contribution in [2.75, 3.05) is 0 Å². The summed E-state index contributed by atoms with van der Waals surface area (Å²) in [5, 5.41) is 20.5. The zero-order chi connectivity index (χ0) is 18.7. The van der Waals surface area contributed by atoms with Crippen LogP contribution in [0.2, 0.25) is 0 Å². The van der Waals surface area contributed by atoms with Crippen LogP contribution in [0.4, 0.5) is 0 Å². The zero-order valence-corrected chi connectivity index (χ0v) is 15.8. The van der Waals surface area contributed by atoms with Gasteiger partial charge in [0.1, 0.15) is 0 Å². The zero-order valence-electron chi connectivity index (χ0n) is 15.8. The minimum Gasteiger partial charge on any atom is -0.481 e. The predicted octanol–water partition coefficient (Wildman–Crippen LogP) is 3.89. The normalized spacial score (nSPS) is 47.0. The fourth-order valence-electron chi connectivity index (χ4n) is 6.83. The van der Waals surface area contributed by atoms with E-state index in [0.717, 1.165) is 25.7 Å². The third kappa shape index (κ3) is 2.37. The second-order valence-electron chi connectivity index (χ2n) is 9.55. The van der Waals surface area contributed by atoms with Crippen LogP contribution in [0.3, 0.4) is 0 Å². The van der Waals surface area contributed by atoms with E-state index in [4.69, 9.17) is 5.11 Å². The van der Waals surface area contributed by atoms with E-state index < -0.39 is 11.6 Å². The highest BCUT2D eigenvalue weighted by Gasteiger charge is 2.62. The molecule has 0 heterocycles. The molecular formula is C22H30O4. The lowest BCUT2D eigenvalue weighted by atomic mass is 9.48. The van der Waals surface area contributed by atoms with Gasteiger partial charge in [-0.1, -0.05) is 26.0 Å². The van der Waals surface area contributed by atoms with Gasteiger partial charge in [0.05, 0.1) is 5.60 Å². The van der Waals surface area contributed by atoms with Crippen molar-refractivity contribution in [1.82, 2.24) is 0 Å². The summed E-state index contributed by atoms with van der Waals surface area (Å²) in [6.07, 6.45) is 11.9. The van der Waals surface area contributed by atoms with Crippen molar-refractivity contribution < 1.29 is 19.8 Å². The fraction of sp³-hybridized carbons (Fsp3) is 0.727. The van der Waals surface area contributed by atoms with Crippen molar-refractivity contribution in [3.05, 3.63) is 23.8 Å². The third-order valence-electron chi connectivity index (χ3n) is 8.59. The van der Waals surface area contributed by atoms with Crippen LogP contribution >= 0.6 is 0 Å². The van der Waals surface area contributed by atoms with Gasteiger partial charge in [-0.3, -0.25) is 9.59 Å². The van der Waals surface area contributed by atoms with E-state index in [1.165, 1.54) is 5.57 Å². The maximum atomic E-state index is 11.9. The van der Waals surface area contributed by atoms with E-state index in [0.29, 0.717) is 37.0 Å². The molecule has 6 atom stereocenters. The summed E-state index contributed by atoms with van der Waals surface area (Å²) < 4.78 is 0. The van der Waals surface area contributed by atoms with Gasteiger partial charge < -0.3 is 10.2 Å². The summed E-state index contributed by atoms with van der Waals surface area (Å²) >= 11 is 0. The van der Waals surface area contributed by atoms with Crippen LogP contribution in [0.1, 0.15) is 65.2 Å². The van der Waals surface area contributed by atoms with Gasteiger partial charge in [0.25, 0.3) is 0 Å². The molecule has 2 saturated carbocycles. The highest BCUT2D eigenvalue weighted by molar-refractivity contribution is 5.92. The van der Waals surface area contributed by atoms with Crippen molar-refractivity contribution >= 4 is 11.8 Å². The number of ketones is 1. The van der Waals surface area contributed by atoms with Crippen LogP contribution in [-0.4, -0.2) is 27.6 Å². The summed E-state index contributed by atoms with van der Waals surface area (Å²) in [6, 6.07) is 0. The van der Waals surface area contributed by atoms with E-state index in [-0.39, 0.29) is 23.0 Å². The highest BCUT2D eigenvalue weighted by atomic mass is 16.4. The van der Waals surface area contributed by atoms with Gasteiger partial charge in [0, 0.05) is 12.8 Å². The first kappa shape index (κ1) is 18.0. The molecule has 0 spiro atoms. The average molecular weight is 358 g/mol. The Hall–Kier alpha value is -1.42. The molecule has 26 heavy (non-hydrogen) atoms. The number of allylic oxidation sites excluding steroid dienone is 4. The molecular weight excluding hydrogens is 328 g/mol. The standard InChI is InChI=1S/C22H30O4/c1-20-9-5-15(23)13-14(20)3-4-16-17(20)6-10-21(2)18(16)7-11-22(21,26)12-8-19(24)25/h3-4,13,16-18,26H,5-12H2,1-2H3,(H,24,25)/t16-,17-,18-,20-,21-,22+/m0/s1. The van der Waals surface area contributed by atoms with Crippen molar-refractivity contribution in [3.8, 4) is 0 Å². The lowest BCUT2D eigenvalue weighted by Crippen LogP contribution is -2.53. The van der Waals surface area contributed by atoms with Crippen molar-refractivity contribution in [2.45, 2.75) is 70.8 Å². The number of rotatable bonds is 3. The molecule has 4 rings (SSSR count). The lowest BCUT2D eigenvalue weighted by Gasteiger charge is -2.57. The Morgan fingerprint density at radius 2 is 1.92 bits per heavy atom. The van der Waals surface area contributed by atoms with Gasteiger partial charge >= 0.3 is 5.97 Å². The summed E-state index contributed by atoms with van der Waals surface area (Å²) in [5.41, 5.74) is 0.179. The summed E-state index contributed by atoms with van der Waals surface area (Å²) in [5.74, 6) is 0.748. The second kappa shape index (κ2) is 5.79. The molecule has 0 aliphatic heterocycles. The Labute approximate surface area is 155 Å². The minimum absolute atomic E-state index is 0.0372. The first-order chi connectivity index (χ1) is 12.2. The smallest absolute Gasteiger partial charge is 0.303 e. The number of aliphatic carboxylic acids is 1. The number of fused-ring (bicyclic) bond motifs is 5. The first-order valence-corrected chi connectivity index (χ1v) is 10.1. The first-order valence-electron chi connectivity index (χ1n) is 10.1. The van der Waals surface area contributed by atoms with Crippen LogP contribution in [0.15, 0.2) is 23.8 Å². The topological polar surface area (TPSA) is 74.6 Å². The molecule has 0 radical (unpaired) electrons. The Morgan fingerprint density at radius 1 is 1.19 bits per heavy atom. The maximum Gasteiger partial charge on any atom is 0.303 e. The number of hydrogen-bond donors (Lipinski definition) is 2. The van der Waals surface area contributed by atoms with E-state index >= 15 is 0 Å². The van der Waals surface area contributed by atoms with E-state index in [2.05, 4.69) is 26.0 Å². The molecule has 4 aliphatic rings. The summed E-state index contributed by atoms with van der Waals surface area (Å²) in [4.78, 5) is 22.9. The molecule has 4 nitrogen and oxygen atoms in total. The number of aliphatic hydroxyl groups is 1.